The second-order valence-corrected chi connectivity index (χ2v) is 6.23. The average molecular weight is 278 g/mol. The maximum Gasteiger partial charge on any atom is 0.239 e. The Morgan fingerprint density at radius 1 is 1.55 bits per heavy atom. The lowest BCUT2D eigenvalue weighted by Gasteiger charge is -2.23. The topological polar surface area (TPSA) is 59.5 Å². The predicted octanol–water partition coefficient (Wildman–Crippen LogP) is 2.73. The second kappa shape index (κ2) is 6.00. The number of furan rings is 1. The molecule has 112 valence electrons. The van der Waals surface area contributed by atoms with Crippen molar-refractivity contribution in [2.24, 2.45) is 17.6 Å². The molecule has 1 aliphatic carbocycles. The van der Waals surface area contributed by atoms with Gasteiger partial charge in [0.15, 0.2) is 0 Å². The van der Waals surface area contributed by atoms with Gasteiger partial charge in [-0.05, 0) is 30.4 Å². The van der Waals surface area contributed by atoms with Crippen molar-refractivity contribution in [1.82, 2.24) is 4.90 Å². The first-order valence-electron chi connectivity index (χ1n) is 7.53. The largest absolute Gasteiger partial charge is 0.464 e. The summed E-state index contributed by atoms with van der Waals surface area (Å²) in [6.45, 7) is 6.78. The summed E-state index contributed by atoms with van der Waals surface area (Å²) in [6, 6.07) is 3.58. The Morgan fingerprint density at radius 3 is 2.75 bits per heavy atom. The molecule has 0 bridgehead atoms. The van der Waals surface area contributed by atoms with Crippen molar-refractivity contribution in [3.8, 4) is 0 Å². The van der Waals surface area contributed by atoms with Crippen molar-refractivity contribution in [3.63, 3.8) is 0 Å². The summed E-state index contributed by atoms with van der Waals surface area (Å²) in [6.07, 6.45) is 2.12. The summed E-state index contributed by atoms with van der Waals surface area (Å²) in [5, 5.41) is 0. The molecule has 1 saturated carbocycles. The van der Waals surface area contributed by atoms with Gasteiger partial charge >= 0.3 is 0 Å². The predicted molar refractivity (Wildman–Crippen MR) is 79.1 cm³/mol. The van der Waals surface area contributed by atoms with Gasteiger partial charge in [0, 0.05) is 13.0 Å². The fourth-order valence-corrected chi connectivity index (χ4v) is 2.46. The lowest BCUT2D eigenvalue weighted by Crippen LogP contribution is -2.45. The highest BCUT2D eigenvalue weighted by Gasteiger charge is 2.36. The maximum atomic E-state index is 12.2. The number of carbonyl (C=O) groups excluding carboxylic acids is 1. The molecule has 0 radical (unpaired) electrons. The number of nitrogens with zero attached hydrogens (tertiary/aromatic N) is 1. The minimum atomic E-state index is -0.428. The van der Waals surface area contributed by atoms with Crippen molar-refractivity contribution in [2.45, 2.75) is 52.1 Å². The fourth-order valence-electron chi connectivity index (χ4n) is 2.46. The maximum absolute atomic E-state index is 12.2. The van der Waals surface area contributed by atoms with E-state index in [1.165, 1.54) is 6.42 Å². The van der Waals surface area contributed by atoms with Gasteiger partial charge in [-0.2, -0.15) is 0 Å². The minimum Gasteiger partial charge on any atom is -0.464 e. The van der Waals surface area contributed by atoms with Crippen LogP contribution < -0.4 is 5.73 Å². The Labute approximate surface area is 121 Å². The highest BCUT2D eigenvalue weighted by molar-refractivity contribution is 5.81. The zero-order chi connectivity index (χ0) is 14.9. The first-order chi connectivity index (χ1) is 9.43. The number of likely N-dealkylation sites (N-methyl/N-ethyl adjacent to an activating group) is 1. The van der Waals surface area contributed by atoms with E-state index in [0.29, 0.717) is 12.5 Å². The molecule has 1 aromatic rings. The Kier molecular flexibility index (Phi) is 4.53. The molecule has 0 aliphatic heterocycles. The van der Waals surface area contributed by atoms with E-state index in [1.807, 2.05) is 26.0 Å². The van der Waals surface area contributed by atoms with Gasteiger partial charge in [-0.15, -0.1) is 0 Å². The Morgan fingerprint density at radius 2 is 2.20 bits per heavy atom. The molecule has 2 N–H and O–H groups in total. The van der Waals surface area contributed by atoms with Crippen LogP contribution in [0.25, 0.3) is 0 Å². The van der Waals surface area contributed by atoms with Gasteiger partial charge < -0.3 is 15.1 Å². The molecule has 0 aromatic carbocycles. The molecule has 2 rings (SSSR count). The molecule has 4 heteroatoms. The highest BCUT2D eigenvalue weighted by atomic mass is 16.3. The molecule has 1 fully saturated rings. The van der Waals surface area contributed by atoms with Crippen molar-refractivity contribution in [2.75, 3.05) is 7.05 Å². The molecular formula is C16H26N2O2. The Bertz CT molecular complexity index is 469. The van der Waals surface area contributed by atoms with Gasteiger partial charge in [0.05, 0.1) is 12.6 Å². The Balaban J connectivity index is 1.92. The summed E-state index contributed by atoms with van der Waals surface area (Å²) in [5.41, 5.74) is 5.99. The standard InChI is InChI=1S/C16H26N2O2/c1-5-10(2)15(17)16(19)18(4)9-12-6-7-14(20-12)13-8-11(13)3/h6-7,10-11,13,15H,5,8-9,17H2,1-4H3/t10?,11?,13?,15-/m0/s1. The van der Waals surface area contributed by atoms with E-state index in [-0.39, 0.29) is 11.8 Å². The van der Waals surface area contributed by atoms with Crippen molar-refractivity contribution in [1.29, 1.82) is 0 Å². The zero-order valence-electron chi connectivity index (χ0n) is 12.9. The van der Waals surface area contributed by atoms with Crippen LogP contribution >= 0.6 is 0 Å². The van der Waals surface area contributed by atoms with E-state index in [2.05, 4.69) is 6.92 Å². The van der Waals surface area contributed by atoms with Crippen molar-refractivity contribution in [3.05, 3.63) is 23.7 Å². The summed E-state index contributed by atoms with van der Waals surface area (Å²) in [4.78, 5) is 13.9. The van der Waals surface area contributed by atoms with Crippen LogP contribution in [0.5, 0.6) is 0 Å². The molecule has 0 saturated heterocycles. The third kappa shape index (κ3) is 3.23. The number of carbonyl (C=O) groups is 1. The van der Waals surface area contributed by atoms with E-state index in [4.69, 9.17) is 10.2 Å². The highest BCUT2D eigenvalue weighted by Crippen LogP contribution is 2.47. The SMILES string of the molecule is CCC(C)[C@H](N)C(=O)N(C)Cc1ccc(C2CC2C)o1. The number of hydrogen-bond acceptors (Lipinski definition) is 3. The summed E-state index contributed by atoms with van der Waals surface area (Å²) in [5.74, 6) is 3.38. The molecule has 1 aliphatic rings. The first-order valence-corrected chi connectivity index (χ1v) is 7.53. The van der Waals surface area contributed by atoms with Crippen LogP contribution in [-0.2, 0) is 11.3 Å². The molecule has 0 spiro atoms. The monoisotopic (exact) mass is 278 g/mol. The second-order valence-electron chi connectivity index (χ2n) is 6.23. The minimum absolute atomic E-state index is 0.0166. The van der Waals surface area contributed by atoms with Crippen molar-refractivity contribution < 1.29 is 9.21 Å². The quantitative estimate of drug-likeness (QED) is 0.870. The van der Waals surface area contributed by atoms with E-state index in [9.17, 15) is 4.79 Å². The van der Waals surface area contributed by atoms with Gasteiger partial charge in [-0.3, -0.25) is 4.79 Å². The number of amides is 1. The number of nitrogens with two attached hydrogens (primary N) is 1. The van der Waals surface area contributed by atoms with Gasteiger partial charge in [-0.1, -0.05) is 27.2 Å². The van der Waals surface area contributed by atoms with E-state index in [1.54, 1.807) is 11.9 Å². The van der Waals surface area contributed by atoms with E-state index < -0.39 is 6.04 Å². The van der Waals surface area contributed by atoms with Gasteiger partial charge in [0.2, 0.25) is 5.91 Å². The Hall–Kier alpha value is -1.29. The normalized spacial score (nSPS) is 24.2. The smallest absolute Gasteiger partial charge is 0.239 e. The molecule has 4 atom stereocenters. The van der Waals surface area contributed by atoms with Crippen LogP contribution in [0.2, 0.25) is 0 Å². The third-order valence-electron chi connectivity index (χ3n) is 4.47. The number of hydrogen-bond donors (Lipinski definition) is 1. The van der Waals surface area contributed by atoms with E-state index >= 15 is 0 Å². The van der Waals surface area contributed by atoms with Crippen LogP contribution in [0.3, 0.4) is 0 Å². The fraction of sp³-hybridized carbons (Fsp3) is 0.688. The lowest BCUT2D eigenvalue weighted by molar-refractivity contribution is -0.133. The molecule has 1 aromatic heterocycles. The zero-order valence-corrected chi connectivity index (χ0v) is 12.9. The van der Waals surface area contributed by atoms with Gasteiger partial charge in [-0.25, -0.2) is 0 Å². The molecule has 20 heavy (non-hydrogen) atoms. The molecule has 1 heterocycles. The van der Waals surface area contributed by atoms with Crippen LogP contribution in [0, 0.1) is 11.8 Å². The van der Waals surface area contributed by atoms with Crippen molar-refractivity contribution >= 4 is 5.91 Å². The van der Waals surface area contributed by atoms with Crippen LogP contribution in [0.1, 0.15) is 51.1 Å². The van der Waals surface area contributed by atoms with Crippen LogP contribution in [0.4, 0.5) is 0 Å². The number of rotatable bonds is 6. The summed E-state index contributed by atoms with van der Waals surface area (Å²) in [7, 11) is 1.78. The van der Waals surface area contributed by atoms with Gasteiger partial charge in [0.25, 0.3) is 0 Å². The third-order valence-corrected chi connectivity index (χ3v) is 4.47. The lowest BCUT2D eigenvalue weighted by atomic mass is 9.99. The molecule has 3 unspecified atom stereocenters. The summed E-state index contributed by atoms with van der Waals surface area (Å²) < 4.78 is 5.83. The summed E-state index contributed by atoms with van der Waals surface area (Å²) >= 11 is 0. The molecular weight excluding hydrogens is 252 g/mol. The molecule has 1 amide bonds. The molecule has 4 nitrogen and oxygen atoms in total. The average Bonchev–Trinajstić information content (AvgIpc) is 2.99. The first kappa shape index (κ1) is 15.1. The van der Waals surface area contributed by atoms with Crippen LogP contribution in [0.15, 0.2) is 16.5 Å². The van der Waals surface area contributed by atoms with Gasteiger partial charge in [0.1, 0.15) is 11.5 Å². The van der Waals surface area contributed by atoms with E-state index in [0.717, 1.165) is 23.9 Å². The van der Waals surface area contributed by atoms with Crippen LogP contribution in [-0.4, -0.2) is 23.9 Å².